The van der Waals surface area contributed by atoms with Gasteiger partial charge in [0.25, 0.3) is 5.91 Å². The van der Waals surface area contributed by atoms with Crippen LogP contribution in [0.25, 0.3) is 10.9 Å². The molecule has 0 saturated carbocycles. The second kappa shape index (κ2) is 6.75. The molecule has 3 aromatic rings. The van der Waals surface area contributed by atoms with Crippen LogP contribution < -0.4 is 10.1 Å². The molecule has 0 aliphatic heterocycles. The number of nitro benzene ring substituents is 1. The van der Waals surface area contributed by atoms with Gasteiger partial charge in [-0.25, -0.2) is 4.39 Å². The minimum absolute atomic E-state index is 0.0836. The van der Waals surface area contributed by atoms with Crippen molar-refractivity contribution in [2.45, 2.75) is 6.92 Å². The van der Waals surface area contributed by atoms with E-state index >= 15 is 0 Å². The SMILES string of the molecule is COc1ccc(NC(=O)c2cc(C)nc3ccc(F)cc23)cc1[N+](=O)[O-]. The Kier molecular flexibility index (Phi) is 4.49. The minimum Gasteiger partial charge on any atom is -0.490 e. The van der Waals surface area contributed by atoms with Crippen molar-refractivity contribution in [1.29, 1.82) is 0 Å². The van der Waals surface area contributed by atoms with Crippen LogP contribution >= 0.6 is 0 Å². The predicted molar refractivity (Wildman–Crippen MR) is 94.0 cm³/mol. The molecule has 26 heavy (non-hydrogen) atoms. The van der Waals surface area contributed by atoms with Crippen molar-refractivity contribution in [2.24, 2.45) is 0 Å². The molecule has 0 fully saturated rings. The van der Waals surface area contributed by atoms with E-state index in [1.807, 2.05) is 0 Å². The quantitative estimate of drug-likeness (QED) is 0.566. The lowest BCUT2D eigenvalue weighted by molar-refractivity contribution is -0.385. The van der Waals surface area contributed by atoms with Crippen molar-refractivity contribution in [3.8, 4) is 5.75 Å². The molecule has 0 aliphatic rings. The Balaban J connectivity index is 2.01. The first-order chi connectivity index (χ1) is 12.4. The third kappa shape index (κ3) is 3.30. The largest absolute Gasteiger partial charge is 0.490 e. The number of nitrogens with zero attached hydrogens (tertiary/aromatic N) is 2. The fourth-order valence-corrected chi connectivity index (χ4v) is 2.63. The number of carbonyl (C=O) groups excluding carboxylic acids is 1. The van der Waals surface area contributed by atoms with Crippen molar-refractivity contribution in [3.05, 3.63) is 69.7 Å². The van der Waals surface area contributed by atoms with Crippen LogP contribution in [0.2, 0.25) is 0 Å². The number of rotatable bonds is 4. The van der Waals surface area contributed by atoms with Crippen LogP contribution in [0.5, 0.6) is 5.75 Å². The lowest BCUT2D eigenvalue weighted by atomic mass is 10.1. The molecule has 1 heterocycles. The molecule has 132 valence electrons. The normalized spacial score (nSPS) is 10.6. The van der Waals surface area contributed by atoms with E-state index in [9.17, 15) is 19.3 Å². The number of aryl methyl sites for hydroxylation is 1. The Hall–Kier alpha value is -3.55. The van der Waals surface area contributed by atoms with Gasteiger partial charge in [0.15, 0.2) is 5.75 Å². The number of nitro groups is 1. The Bertz CT molecular complexity index is 1040. The van der Waals surface area contributed by atoms with Gasteiger partial charge < -0.3 is 10.1 Å². The summed E-state index contributed by atoms with van der Waals surface area (Å²) >= 11 is 0. The van der Waals surface area contributed by atoms with Gasteiger partial charge in [0, 0.05) is 22.8 Å². The first-order valence-electron chi connectivity index (χ1n) is 7.59. The van der Waals surface area contributed by atoms with Crippen LogP contribution in [-0.4, -0.2) is 22.9 Å². The summed E-state index contributed by atoms with van der Waals surface area (Å²) in [5, 5.41) is 14.1. The number of pyridine rings is 1. The van der Waals surface area contributed by atoms with Crippen molar-refractivity contribution in [3.63, 3.8) is 0 Å². The van der Waals surface area contributed by atoms with Gasteiger partial charge in [-0.3, -0.25) is 19.9 Å². The molecule has 0 unspecified atom stereocenters. The van der Waals surface area contributed by atoms with E-state index in [1.165, 1.54) is 49.6 Å². The molecule has 3 rings (SSSR count). The van der Waals surface area contributed by atoms with Gasteiger partial charge in [0.05, 0.1) is 23.1 Å². The average Bonchev–Trinajstić information content (AvgIpc) is 2.61. The molecule has 1 N–H and O–H groups in total. The van der Waals surface area contributed by atoms with Crippen molar-refractivity contribution >= 4 is 28.2 Å². The number of benzene rings is 2. The summed E-state index contributed by atoms with van der Waals surface area (Å²) in [5.74, 6) is -0.928. The van der Waals surface area contributed by atoms with E-state index in [4.69, 9.17) is 4.74 Å². The maximum Gasteiger partial charge on any atom is 0.312 e. The molecule has 0 spiro atoms. The number of carbonyl (C=O) groups is 1. The molecule has 7 nitrogen and oxygen atoms in total. The number of methoxy groups -OCH3 is 1. The summed E-state index contributed by atoms with van der Waals surface area (Å²) < 4.78 is 18.5. The van der Waals surface area contributed by atoms with Crippen molar-refractivity contribution in [2.75, 3.05) is 12.4 Å². The van der Waals surface area contributed by atoms with Gasteiger partial charge in [-0.05, 0) is 43.3 Å². The maximum atomic E-state index is 13.6. The molecule has 8 heteroatoms. The number of halogens is 1. The standard InChI is InChI=1S/C18H14FN3O4/c1-10-7-14(13-8-11(19)3-5-15(13)20-10)18(23)21-12-4-6-17(26-2)16(9-12)22(24)25/h3-9H,1-2H3,(H,21,23). The number of fused-ring (bicyclic) bond motifs is 1. The highest BCUT2D eigenvalue weighted by Crippen LogP contribution is 2.30. The Labute approximate surface area is 147 Å². The molecular formula is C18H14FN3O4. The molecular weight excluding hydrogens is 341 g/mol. The van der Waals surface area contributed by atoms with E-state index < -0.39 is 16.6 Å². The highest BCUT2D eigenvalue weighted by Gasteiger charge is 2.18. The van der Waals surface area contributed by atoms with E-state index in [2.05, 4.69) is 10.3 Å². The number of nitrogens with one attached hydrogen (secondary N) is 1. The third-order valence-electron chi connectivity index (χ3n) is 3.78. The number of aromatic nitrogens is 1. The number of ether oxygens (including phenoxy) is 1. The minimum atomic E-state index is -0.601. The smallest absolute Gasteiger partial charge is 0.312 e. The molecule has 0 atom stereocenters. The van der Waals surface area contributed by atoms with E-state index in [1.54, 1.807) is 6.92 Å². The molecule has 1 amide bonds. The van der Waals surface area contributed by atoms with Crippen LogP contribution in [0.15, 0.2) is 42.5 Å². The lowest BCUT2D eigenvalue weighted by Gasteiger charge is -2.10. The van der Waals surface area contributed by atoms with Gasteiger partial charge in [0.1, 0.15) is 5.82 Å². The summed E-state index contributed by atoms with van der Waals surface area (Å²) in [6.07, 6.45) is 0. The van der Waals surface area contributed by atoms with E-state index in [0.29, 0.717) is 16.6 Å². The highest BCUT2D eigenvalue weighted by molar-refractivity contribution is 6.12. The van der Waals surface area contributed by atoms with Gasteiger partial charge in [0.2, 0.25) is 0 Å². The summed E-state index contributed by atoms with van der Waals surface area (Å²) in [6, 6.07) is 9.61. The molecule has 0 radical (unpaired) electrons. The summed E-state index contributed by atoms with van der Waals surface area (Å²) in [6.45, 7) is 1.72. The molecule has 0 bridgehead atoms. The first kappa shape index (κ1) is 17.3. The zero-order chi connectivity index (χ0) is 18.8. The van der Waals surface area contributed by atoms with E-state index in [-0.39, 0.29) is 22.7 Å². The van der Waals surface area contributed by atoms with E-state index in [0.717, 1.165) is 0 Å². The number of hydrogen-bond acceptors (Lipinski definition) is 5. The molecule has 1 aromatic heterocycles. The summed E-state index contributed by atoms with van der Waals surface area (Å²) in [5.41, 5.74) is 1.26. The average molecular weight is 355 g/mol. The third-order valence-corrected chi connectivity index (χ3v) is 3.78. The molecule has 0 aliphatic carbocycles. The number of hydrogen-bond donors (Lipinski definition) is 1. The highest BCUT2D eigenvalue weighted by atomic mass is 19.1. The predicted octanol–water partition coefficient (Wildman–Crippen LogP) is 3.85. The molecule has 2 aromatic carbocycles. The first-order valence-corrected chi connectivity index (χ1v) is 7.59. The zero-order valence-corrected chi connectivity index (χ0v) is 13.9. The monoisotopic (exact) mass is 355 g/mol. The lowest BCUT2D eigenvalue weighted by Crippen LogP contribution is -2.13. The van der Waals surface area contributed by atoms with Gasteiger partial charge in [-0.2, -0.15) is 0 Å². The second-order valence-corrected chi connectivity index (χ2v) is 5.57. The number of amides is 1. The fourth-order valence-electron chi connectivity index (χ4n) is 2.63. The van der Waals surface area contributed by atoms with Gasteiger partial charge in [-0.15, -0.1) is 0 Å². The molecule has 0 saturated heterocycles. The van der Waals surface area contributed by atoms with Crippen LogP contribution in [0, 0.1) is 22.9 Å². The van der Waals surface area contributed by atoms with Crippen LogP contribution in [0.4, 0.5) is 15.8 Å². The Morgan fingerprint density at radius 1 is 1.23 bits per heavy atom. The topological polar surface area (TPSA) is 94.4 Å². The van der Waals surface area contributed by atoms with Gasteiger partial charge >= 0.3 is 5.69 Å². The Morgan fingerprint density at radius 2 is 2.00 bits per heavy atom. The Morgan fingerprint density at radius 3 is 2.69 bits per heavy atom. The number of anilines is 1. The van der Waals surface area contributed by atoms with Gasteiger partial charge in [-0.1, -0.05) is 0 Å². The zero-order valence-electron chi connectivity index (χ0n) is 13.9. The van der Waals surface area contributed by atoms with Crippen LogP contribution in [-0.2, 0) is 0 Å². The second-order valence-electron chi connectivity index (χ2n) is 5.57. The van der Waals surface area contributed by atoms with Crippen molar-refractivity contribution in [1.82, 2.24) is 4.98 Å². The summed E-state index contributed by atoms with van der Waals surface area (Å²) in [4.78, 5) is 27.4. The maximum absolute atomic E-state index is 13.6. The van der Waals surface area contributed by atoms with Crippen molar-refractivity contribution < 1.29 is 18.8 Å². The summed E-state index contributed by atoms with van der Waals surface area (Å²) in [7, 11) is 1.32. The van der Waals surface area contributed by atoms with Crippen LogP contribution in [0.1, 0.15) is 16.1 Å². The fraction of sp³-hybridized carbons (Fsp3) is 0.111. The van der Waals surface area contributed by atoms with Crippen LogP contribution in [0.3, 0.4) is 0 Å².